The smallest absolute Gasteiger partial charge is 0.1000 e. The minimum atomic E-state index is 0.0228. The van der Waals surface area contributed by atoms with Gasteiger partial charge in [-0.3, -0.25) is 0 Å². The summed E-state index contributed by atoms with van der Waals surface area (Å²) >= 11 is 0. The van der Waals surface area contributed by atoms with E-state index in [4.69, 9.17) is 4.99 Å². The third-order valence-corrected chi connectivity index (χ3v) is 12.5. The molecule has 1 heterocycles. The molecule has 370 valence electrons. The van der Waals surface area contributed by atoms with E-state index in [1.165, 1.54) is 73.3 Å². The fourth-order valence-electron chi connectivity index (χ4n) is 8.47. The summed E-state index contributed by atoms with van der Waals surface area (Å²) in [6.07, 6.45) is 25.5. The van der Waals surface area contributed by atoms with E-state index in [1.807, 2.05) is 37.0 Å². The van der Waals surface area contributed by atoms with Gasteiger partial charge in [0.05, 0.1) is 18.4 Å². The molecule has 2 unspecified atom stereocenters. The first kappa shape index (κ1) is 63.6. The van der Waals surface area contributed by atoms with Gasteiger partial charge in [0.25, 0.3) is 0 Å². The number of aliphatic imine (C=N–C) groups is 1. The normalized spacial score (nSPS) is 20.0. The van der Waals surface area contributed by atoms with Crippen LogP contribution in [0.15, 0.2) is 113 Å². The van der Waals surface area contributed by atoms with Crippen molar-refractivity contribution in [1.29, 1.82) is 0 Å². The fraction of sp³-hybridized carbons (Fsp3) is 0.629. The van der Waals surface area contributed by atoms with Crippen molar-refractivity contribution in [2.24, 2.45) is 46.4 Å². The summed E-state index contributed by atoms with van der Waals surface area (Å²) < 4.78 is 12.6. The number of benzene rings is 1. The maximum atomic E-state index is 12.6. The Morgan fingerprint density at radius 1 is 0.846 bits per heavy atom. The van der Waals surface area contributed by atoms with E-state index in [0.29, 0.717) is 12.2 Å². The molecule has 1 aromatic rings. The summed E-state index contributed by atoms with van der Waals surface area (Å²) in [5, 5.41) is 0. The lowest BCUT2D eigenvalue weighted by atomic mass is 9.67. The van der Waals surface area contributed by atoms with Crippen LogP contribution >= 0.6 is 0 Å². The highest BCUT2D eigenvalue weighted by Crippen LogP contribution is 2.43. The Morgan fingerprint density at radius 2 is 1.37 bits per heavy atom. The van der Waals surface area contributed by atoms with Crippen molar-refractivity contribution < 1.29 is 4.39 Å². The molecule has 0 bridgehead atoms. The summed E-state index contributed by atoms with van der Waals surface area (Å²) in [6.45, 7) is 56.8. The van der Waals surface area contributed by atoms with Crippen molar-refractivity contribution in [3.8, 4) is 0 Å². The first-order valence-corrected chi connectivity index (χ1v) is 26.0. The topological polar surface area (TPSA) is 15.6 Å². The standard InChI is InChI=1S/C33H43FN2.C11H20.C6H12.C5H12.C4H10.C3H8/c1-10-14-30(15-13-20-34)36-23-35-32(27(8)28(36)9)22-25(6)29-16-17-31(26(7)21-29)33(18-11-2,19-12-3)24(4)5;1-8(2)10(4)11-6-5-9(3)7-11;1-5-3-6(2)4-5;1-4-5(2)3;1-4(2)3;1-3-2/h10,13-17,20-23H,4,6,11-12,18-19H2,1-3,5,7-9H3;8-9,11H,4-7H2,1-3H3;5-6H,3-4H2,1-2H3;5H,4H2,1-3H3;4H,1-3H3;3H2,1-2H3/b14-10-,20-13-,30-15+,32-22+;;;;;. The molecule has 4 rings (SSSR count). The van der Waals surface area contributed by atoms with E-state index in [2.05, 4.69) is 163 Å². The van der Waals surface area contributed by atoms with Crippen molar-refractivity contribution >= 4 is 11.9 Å². The van der Waals surface area contributed by atoms with Gasteiger partial charge in [-0.1, -0.05) is 191 Å². The minimum Gasteiger partial charge on any atom is -0.305 e. The second-order valence-corrected chi connectivity index (χ2v) is 20.9. The van der Waals surface area contributed by atoms with Crippen molar-refractivity contribution in [2.45, 2.75) is 215 Å². The van der Waals surface area contributed by atoms with Crippen molar-refractivity contribution in [1.82, 2.24) is 4.90 Å². The molecular formula is C62H105FN2. The third-order valence-electron chi connectivity index (χ3n) is 12.5. The number of aryl methyl sites for hydroxylation is 1. The number of hydrogen-bond donors (Lipinski definition) is 0. The van der Waals surface area contributed by atoms with Crippen LogP contribution in [-0.2, 0) is 5.41 Å². The predicted molar refractivity (Wildman–Crippen MR) is 296 cm³/mol. The van der Waals surface area contributed by atoms with Gasteiger partial charge in [0, 0.05) is 16.8 Å². The van der Waals surface area contributed by atoms with E-state index >= 15 is 0 Å². The SMILES string of the molecule is C=C(/C=C1/N=CN(C(/C=C\C)=C/C=C\F)C(C)=C1C)c1ccc(C(CCC)(CCC)C(=C)C)c(C)c1.C=C(C(C)C)C1CCC(C)C1.CC(C)C.CC1CC(C)C1.CCC.CCC(C)C. The van der Waals surface area contributed by atoms with Gasteiger partial charge in [-0.25, -0.2) is 9.38 Å². The summed E-state index contributed by atoms with van der Waals surface area (Å²) in [5.74, 6) is 6.26. The molecule has 3 heteroatoms. The zero-order chi connectivity index (χ0) is 50.4. The van der Waals surface area contributed by atoms with Crippen LogP contribution in [-0.4, -0.2) is 11.2 Å². The fourth-order valence-corrected chi connectivity index (χ4v) is 8.47. The first-order valence-electron chi connectivity index (χ1n) is 26.0. The molecule has 2 atom stereocenters. The molecule has 2 aliphatic carbocycles. The van der Waals surface area contributed by atoms with Crippen LogP contribution < -0.4 is 0 Å². The van der Waals surface area contributed by atoms with E-state index in [-0.39, 0.29) is 5.41 Å². The van der Waals surface area contributed by atoms with Gasteiger partial charge in [0.2, 0.25) is 0 Å². The molecule has 2 nitrogen and oxygen atoms in total. The average molecular weight is 898 g/mol. The Bertz CT molecular complexity index is 1680. The van der Waals surface area contributed by atoms with Crippen LogP contribution in [0.5, 0.6) is 0 Å². The van der Waals surface area contributed by atoms with Gasteiger partial charge in [0.1, 0.15) is 0 Å². The lowest BCUT2D eigenvalue weighted by molar-refractivity contribution is 0.233. The predicted octanol–water partition coefficient (Wildman–Crippen LogP) is 20.7. The molecule has 0 N–H and O–H groups in total. The minimum absolute atomic E-state index is 0.0228. The Hall–Kier alpha value is -3.46. The van der Waals surface area contributed by atoms with Crippen molar-refractivity contribution in [2.75, 3.05) is 0 Å². The molecule has 0 amide bonds. The third kappa shape index (κ3) is 24.2. The highest BCUT2D eigenvalue weighted by Gasteiger charge is 2.33. The number of allylic oxidation sites excluding steroid dienone is 10. The van der Waals surface area contributed by atoms with E-state index in [0.717, 1.165) is 95.0 Å². The number of rotatable bonds is 14. The highest BCUT2D eigenvalue weighted by atomic mass is 19.1. The van der Waals surface area contributed by atoms with E-state index in [1.54, 1.807) is 12.4 Å². The quantitative estimate of drug-likeness (QED) is 0.134. The molecule has 2 fully saturated rings. The Morgan fingerprint density at radius 3 is 1.72 bits per heavy atom. The summed E-state index contributed by atoms with van der Waals surface area (Å²) in [6, 6.07) is 6.71. The number of halogens is 1. The van der Waals surface area contributed by atoms with E-state index in [9.17, 15) is 4.39 Å². The van der Waals surface area contributed by atoms with Gasteiger partial charge in [0.15, 0.2) is 0 Å². The monoisotopic (exact) mass is 897 g/mol. The van der Waals surface area contributed by atoms with Crippen LogP contribution in [0, 0.1) is 48.3 Å². The van der Waals surface area contributed by atoms with Crippen LogP contribution in [0.2, 0.25) is 0 Å². The second-order valence-electron chi connectivity index (χ2n) is 20.9. The van der Waals surface area contributed by atoms with E-state index < -0.39 is 0 Å². The Balaban J connectivity index is 0. The van der Waals surface area contributed by atoms with Gasteiger partial charge < -0.3 is 4.90 Å². The zero-order valence-corrected chi connectivity index (χ0v) is 46.5. The second kappa shape index (κ2) is 34.8. The molecule has 0 radical (unpaired) electrons. The molecule has 1 aliphatic heterocycles. The van der Waals surface area contributed by atoms with Crippen LogP contribution in [0.4, 0.5) is 4.39 Å². The summed E-state index contributed by atoms with van der Waals surface area (Å²) in [7, 11) is 0. The van der Waals surface area contributed by atoms with Gasteiger partial charge >= 0.3 is 0 Å². The average Bonchev–Trinajstić information content (AvgIpc) is 3.67. The highest BCUT2D eigenvalue weighted by molar-refractivity contribution is 5.77. The molecule has 0 aromatic heterocycles. The molecule has 2 saturated carbocycles. The van der Waals surface area contributed by atoms with Crippen LogP contribution in [0.25, 0.3) is 5.57 Å². The molecule has 65 heavy (non-hydrogen) atoms. The maximum Gasteiger partial charge on any atom is 0.1000 e. The van der Waals surface area contributed by atoms with Crippen molar-refractivity contribution in [3.05, 3.63) is 125 Å². The molecular weight excluding hydrogens is 792 g/mol. The van der Waals surface area contributed by atoms with Gasteiger partial charge in [-0.2, -0.15) is 0 Å². The lowest BCUT2D eigenvalue weighted by Crippen LogP contribution is -2.28. The molecule has 1 aromatic carbocycles. The molecule has 0 spiro atoms. The lowest BCUT2D eigenvalue weighted by Gasteiger charge is -2.36. The van der Waals surface area contributed by atoms with Crippen LogP contribution in [0.3, 0.4) is 0 Å². The molecule has 3 aliphatic rings. The zero-order valence-electron chi connectivity index (χ0n) is 46.5. The number of nitrogens with zero attached hydrogens (tertiary/aromatic N) is 2. The number of hydrogen-bond acceptors (Lipinski definition) is 2. The maximum absolute atomic E-state index is 12.6. The Kier molecular flexibility index (Phi) is 34.1. The summed E-state index contributed by atoms with van der Waals surface area (Å²) in [5.41, 5.74) is 11.2. The Labute approximate surface area is 405 Å². The molecule has 0 saturated heterocycles. The first-order chi connectivity index (χ1) is 30.5. The largest absolute Gasteiger partial charge is 0.305 e. The van der Waals surface area contributed by atoms with Crippen LogP contribution in [0.1, 0.15) is 219 Å². The van der Waals surface area contributed by atoms with Gasteiger partial charge in [-0.05, 0) is 167 Å². The summed E-state index contributed by atoms with van der Waals surface area (Å²) in [4.78, 5) is 6.67. The van der Waals surface area contributed by atoms with Gasteiger partial charge in [-0.15, -0.1) is 0 Å². The van der Waals surface area contributed by atoms with Crippen molar-refractivity contribution in [3.63, 3.8) is 0 Å².